The molecule has 186 valence electrons. The van der Waals surface area contributed by atoms with E-state index in [-0.39, 0.29) is 28.4 Å². The highest BCUT2D eigenvalue weighted by atomic mass is 32.2. The summed E-state index contributed by atoms with van der Waals surface area (Å²) in [6.07, 6.45) is 0. The van der Waals surface area contributed by atoms with Crippen LogP contribution in [-0.4, -0.2) is 41.7 Å². The van der Waals surface area contributed by atoms with Gasteiger partial charge in [-0.15, -0.1) is 11.8 Å². The standard InChI is InChI=1S/C28H22N2O6S/c1-36-28(35)20-11-2-3-14-23(20)30-24(31)16-37-19-10-6-9-18(15-19)29-26(32)21-12-4-7-17-8-5-13-22(25(17)21)27(33)34/h2-15H,16H2,1H3,(H,29,32)(H,30,31)(H,33,34). The molecule has 0 fully saturated rings. The number of carbonyl (C=O) groups excluding carboxylic acids is 3. The molecule has 3 N–H and O–H groups in total. The number of carboxylic acid groups (broad SMARTS) is 1. The second-order valence-electron chi connectivity index (χ2n) is 7.87. The Bertz CT molecular complexity index is 1510. The molecule has 37 heavy (non-hydrogen) atoms. The molecular formula is C28H22N2O6S. The predicted molar refractivity (Wildman–Crippen MR) is 142 cm³/mol. The summed E-state index contributed by atoms with van der Waals surface area (Å²) in [4.78, 5) is 49.9. The van der Waals surface area contributed by atoms with Gasteiger partial charge in [-0.05, 0) is 47.9 Å². The van der Waals surface area contributed by atoms with Crippen LogP contribution >= 0.6 is 11.8 Å². The molecule has 0 spiro atoms. The lowest BCUT2D eigenvalue weighted by molar-refractivity contribution is -0.113. The van der Waals surface area contributed by atoms with Crippen LogP contribution in [0.5, 0.6) is 0 Å². The first-order chi connectivity index (χ1) is 17.9. The second-order valence-corrected chi connectivity index (χ2v) is 8.92. The van der Waals surface area contributed by atoms with Crippen LogP contribution in [0.3, 0.4) is 0 Å². The minimum absolute atomic E-state index is 0.0485. The molecule has 2 amide bonds. The normalized spacial score (nSPS) is 10.5. The summed E-state index contributed by atoms with van der Waals surface area (Å²) in [7, 11) is 1.27. The molecule has 0 bridgehead atoms. The molecule has 8 nitrogen and oxygen atoms in total. The Morgan fingerprint density at radius 3 is 2.22 bits per heavy atom. The van der Waals surface area contributed by atoms with Gasteiger partial charge in [0.1, 0.15) is 0 Å². The van der Waals surface area contributed by atoms with E-state index in [0.717, 1.165) is 4.90 Å². The van der Waals surface area contributed by atoms with Crippen molar-refractivity contribution in [2.75, 3.05) is 23.5 Å². The fourth-order valence-electron chi connectivity index (χ4n) is 3.79. The topological polar surface area (TPSA) is 122 Å². The maximum Gasteiger partial charge on any atom is 0.339 e. The van der Waals surface area contributed by atoms with E-state index in [4.69, 9.17) is 4.74 Å². The zero-order chi connectivity index (χ0) is 26.4. The van der Waals surface area contributed by atoms with Crippen molar-refractivity contribution in [2.45, 2.75) is 4.90 Å². The van der Waals surface area contributed by atoms with E-state index in [2.05, 4.69) is 10.6 Å². The molecule has 0 heterocycles. The third-order valence-electron chi connectivity index (χ3n) is 5.45. The van der Waals surface area contributed by atoms with E-state index in [1.807, 2.05) is 0 Å². The van der Waals surface area contributed by atoms with Gasteiger partial charge in [0.25, 0.3) is 5.91 Å². The maximum atomic E-state index is 13.1. The molecule has 0 aromatic heterocycles. The van der Waals surface area contributed by atoms with E-state index in [1.54, 1.807) is 78.9 Å². The summed E-state index contributed by atoms with van der Waals surface area (Å²) in [5.74, 6) is -2.35. The second kappa shape index (κ2) is 11.4. The Labute approximate surface area is 216 Å². The van der Waals surface area contributed by atoms with Crippen molar-refractivity contribution < 1.29 is 29.0 Å². The van der Waals surface area contributed by atoms with E-state index < -0.39 is 17.8 Å². The number of fused-ring (bicyclic) bond motifs is 1. The van der Waals surface area contributed by atoms with E-state index >= 15 is 0 Å². The Balaban J connectivity index is 1.45. The Morgan fingerprint density at radius 2 is 1.49 bits per heavy atom. The number of amides is 2. The first kappa shape index (κ1) is 25.5. The first-order valence-electron chi connectivity index (χ1n) is 11.1. The average Bonchev–Trinajstić information content (AvgIpc) is 2.91. The number of carbonyl (C=O) groups is 4. The molecule has 0 unspecified atom stereocenters. The Hall–Kier alpha value is -4.63. The van der Waals surface area contributed by atoms with Gasteiger partial charge in [0, 0.05) is 21.5 Å². The third kappa shape index (κ3) is 5.96. The van der Waals surface area contributed by atoms with Crippen LogP contribution in [0.15, 0.2) is 89.8 Å². The number of ether oxygens (including phenoxy) is 1. The highest BCUT2D eigenvalue weighted by Crippen LogP contribution is 2.26. The highest BCUT2D eigenvalue weighted by molar-refractivity contribution is 8.00. The van der Waals surface area contributed by atoms with E-state index in [1.165, 1.54) is 24.9 Å². The van der Waals surface area contributed by atoms with Gasteiger partial charge in [-0.1, -0.05) is 42.5 Å². The number of nitrogens with one attached hydrogen (secondary N) is 2. The van der Waals surface area contributed by atoms with Crippen LogP contribution in [0.4, 0.5) is 11.4 Å². The summed E-state index contributed by atoms with van der Waals surface area (Å²) in [5.41, 5.74) is 1.41. The molecule has 0 saturated heterocycles. The van der Waals surface area contributed by atoms with Crippen LogP contribution < -0.4 is 10.6 Å². The number of rotatable bonds is 8. The molecule has 0 saturated carbocycles. The largest absolute Gasteiger partial charge is 0.478 e. The van der Waals surface area contributed by atoms with Gasteiger partial charge in [-0.25, -0.2) is 9.59 Å². The first-order valence-corrected chi connectivity index (χ1v) is 12.1. The number of hydrogen-bond acceptors (Lipinski definition) is 6. The quantitative estimate of drug-likeness (QED) is 0.215. The van der Waals surface area contributed by atoms with Crippen LogP contribution in [0, 0.1) is 0 Å². The molecule has 0 atom stereocenters. The Kier molecular flexibility index (Phi) is 7.85. The average molecular weight is 515 g/mol. The summed E-state index contributed by atoms with van der Waals surface area (Å²) in [6.45, 7) is 0. The van der Waals surface area contributed by atoms with Gasteiger partial charge in [-0.3, -0.25) is 9.59 Å². The van der Waals surface area contributed by atoms with Gasteiger partial charge < -0.3 is 20.5 Å². The molecule has 0 aliphatic rings. The zero-order valence-corrected chi connectivity index (χ0v) is 20.5. The Morgan fingerprint density at radius 1 is 0.811 bits per heavy atom. The lowest BCUT2D eigenvalue weighted by atomic mass is 9.98. The van der Waals surface area contributed by atoms with Crippen molar-refractivity contribution in [3.05, 3.63) is 102 Å². The van der Waals surface area contributed by atoms with Gasteiger partial charge >= 0.3 is 11.9 Å². The number of hydrogen-bond donors (Lipinski definition) is 3. The molecule has 4 rings (SSSR count). The van der Waals surface area contributed by atoms with Crippen molar-refractivity contribution in [2.24, 2.45) is 0 Å². The van der Waals surface area contributed by atoms with Crippen molar-refractivity contribution in [3.63, 3.8) is 0 Å². The minimum atomic E-state index is -1.11. The zero-order valence-electron chi connectivity index (χ0n) is 19.7. The van der Waals surface area contributed by atoms with E-state index in [9.17, 15) is 24.3 Å². The smallest absolute Gasteiger partial charge is 0.339 e. The van der Waals surface area contributed by atoms with Gasteiger partial charge in [-0.2, -0.15) is 0 Å². The minimum Gasteiger partial charge on any atom is -0.478 e. The molecular weight excluding hydrogens is 492 g/mol. The molecule has 0 radical (unpaired) electrons. The lowest BCUT2D eigenvalue weighted by Crippen LogP contribution is -2.17. The molecule has 9 heteroatoms. The number of methoxy groups -OCH3 is 1. The van der Waals surface area contributed by atoms with Crippen LogP contribution in [-0.2, 0) is 9.53 Å². The van der Waals surface area contributed by atoms with Gasteiger partial charge in [0.2, 0.25) is 5.91 Å². The van der Waals surface area contributed by atoms with Crippen LogP contribution in [0.25, 0.3) is 10.8 Å². The van der Waals surface area contributed by atoms with Gasteiger partial charge in [0.15, 0.2) is 0 Å². The predicted octanol–water partition coefficient (Wildman–Crippen LogP) is 5.31. The molecule has 0 aliphatic heterocycles. The summed E-state index contributed by atoms with van der Waals surface area (Å²) in [5, 5.41) is 16.1. The maximum absolute atomic E-state index is 13.1. The molecule has 4 aromatic carbocycles. The highest BCUT2D eigenvalue weighted by Gasteiger charge is 2.17. The number of thioether (sulfide) groups is 1. The monoisotopic (exact) mass is 514 g/mol. The third-order valence-corrected chi connectivity index (χ3v) is 6.44. The number of aromatic carboxylic acids is 1. The summed E-state index contributed by atoms with van der Waals surface area (Å²) >= 11 is 1.26. The summed E-state index contributed by atoms with van der Waals surface area (Å²) < 4.78 is 4.75. The van der Waals surface area contributed by atoms with Crippen LogP contribution in [0.2, 0.25) is 0 Å². The number of esters is 1. The fraction of sp³-hybridized carbons (Fsp3) is 0.0714. The van der Waals surface area contributed by atoms with Crippen molar-refractivity contribution in [1.82, 2.24) is 0 Å². The number of para-hydroxylation sites is 1. The fourth-order valence-corrected chi connectivity index (χ4v) is 4.54. The van der Waals surface area contributed by atoms with Crippen molar-refractivity contribution in [3.8, 4) is 0 Å². The number of carboxylic acids is 1. The molecule has 0 aliphatic carbocycles. The number of benzene rings is 4. The van der Waals surface area contributed by atoms with Crippen LogP contribution in [0.1, 0.15) is 31.1 Å². The van der Waals surface area contributed by atoms with E-state index in [0.29, 0.717) is 22.1 Å². The number of anilines is 2. The molecule has 4 aromatic rings. The summed E-state index contributed by atoms with van der Waals surface area (Å²) in [6, 6.07) is 23.4. The lowest BCUT2D eigenvalue weighted by Gasteiger charge is -2.11. The van der Waals surface area contributed by atoms with Crippen molar-refractivity contribution in [1.29, 1.82) is 0 Å². The van der Waals surface area contributed by atoms with Gasteiger partial charge in [0.05, 0.1) is 29.7 Å². The SMILES string of the molecule is COC(=O)c1ccccc1NC(=O)CSc1cccc(NC(=O)c2cccc3cccc(C(=O)O)c23)c1. The van der Waals surface area contributed by atoms with Crippen molar-refractivity contribution >= 4 is 57.7 Å².